The Balaban J connectivity index is 1.32. The lowest BCUT2D eigenvalue weighted by atomic mass is 10.1. The van der Waals surface area contributed by atoms with Crippen molar-refractivity contribution in [1.82, 2.24) is 9.21 Å². The first-order chi connectivity index (χ1) is 17.8. The molecule has 0 aromatic heterocycles. The Labute approximate surface area is 215 Å². The molecule has 0 unspecified atom stereocenters. The minimum atomic E-state index is -3.72. The topological polar surface area (TPSA) is 117 Å². The number of nitriles is 1. The zero-order valence-electron chi connectivity index (χ0n) is 20.2. The normalized spacial score (nSPS) is 14.7. The van der Waals surface area contributed by atoms with Gasteiger partial charge in [0.1, 0.15) is 17.4 Å². The number of esters is 1. The van der Waals surface area contributed by atoms with Gasteiger partial charge in [0.2, 0.25) is 10.0 Å². The van der Waals surface area contributed by atoms with Crippen LogP contribution in [0.2, 0.25) is 0 Å². The van der Waals surface area contributed by atoms with Gasteiger partial charge in [-0.15, -0.1) is 0 Å². The summed E-state index contributed by atoms with van der Waals surface area (Å²) in [7, 11) is -2.19. The smallest absolute Gasteiger partial charge is 0.349 e. The zero-order chi connectivity index (χ0) is 26.4. The molecule has 0 radical (unpaired) electrons. The number of carbonyl (C=O) groups is 2. The molecule has 0 N–H and O–H groups in total. The molecule has 1 aliphatic heterocycles. The molecule has 0 saturated carbocycles. The second-order valence-electron chi connectivity index (χ2n) is 8.31. The van der Waals surface area contributed by atoms with E-state index < -0.39 is 28.5 Å². The van der Waals surface area contributed by atoms with Crippen LogP contribution >= 0.6 is 0 Å². The number of amides is 1. The van der Waals surface area contributed by atoms with Gasteiger partial charge in [0, 0.05) is 26.2 Å². The van der Waals surface area contributed by atoms with Gasteiger partial charge < -0.3 is 14.4 Å². The average Bonchev–Trinajstić information content (AvgIpc) is 2.94. The van der Waals surface area contributed by atoms with Gasteiger partial charge in [0.25, 0.3) is 5.91 Å². The summed E-state index contributed by atoms with van der Waals surface area (Å²) < 4.78 is 37.7. The Morgan fingerprint density at radius 1 is 0.973 bits per heavy atom. The molecule has 1 aliphatic rings. The number of ether oxygens (including phenoxy) is 2. The number of fused-ring (bicyclic) bond motifs is 1. The van der Waals surface area contributed by atoms with Crippen LogP contribution in [0.25, 0.3) is 16.8 Å². The molecule has 4 rings (SSSR count). The van der Waals surface area contributed by atoms with Crippen molar-refractivity contribution >= 4 is 38.7 Å². The maximum Gasteiger partial charge on any atom is 0.349 e. The highest BCUT2D eigenvalue weighted by molar-refractivity contribution is 7.89. The van der Waals surface area contributed by atoms with Crippen molar-refractivity contribution in [3.8, 4) is 11.8 Å². The molecule has 0 bridgehead atoms. The lowest BCUT2D eigenvalue weighted by Crippen LogP contribution is -2.51. The van der Waals surface area contributed by atoms with Gasteiger partial charge in [-0.05, 0) is 46.7 Å². The fraction of sp³-hybridized carbons (Fsp3) is 0.222. The third kappa shape index (κ3) is 5.97. The fourth-order valence-corrected chi connectivity index (χ4v) is 5.41. The van der Waals surface area contributed by atoms with E-state index in [2.05, 4.69) is 0 Å². The van der Waals surface area contributed by atoms with Crippen molar-refractivity contribution < 1.29 is 27.5 Å². The molecular weight excluding hydrogens is 494 g/mol. The summed E-state index contributed by atoms with van der Waals surface area (Å²) in [5.74, 6) is -0.740. The molecule has 3 aromatic rings. The van der Waals surface area contributed by atoms with Gasteiger partial charge in [-0.2, -0.15) is 9.57 Å². The van der Waals surface area contributed by atoms with Crippen molar-refractivity contribution in [3.63, 3.8) is 0 Å². The Kier molecular flexibility index (Phi) is 7.86. The lowest BCUT2D eigenvalue weighted by Gasteiger charge is -2.33. The van der Waals surface area contributed by atoms with E-state index in [1.54, 1.807) is 48.5 Å². The third-order valence-electron chi connectivity index (χ3n) is 6.04. The second-order valence-corrected chi connectivity index (χ2v) is 10.3. The summed E-state index contributed by atoms with van der Waals surface area (Å²) in [6.07, 6.45) is 1.36. The SMILES string of the molecule is COc1ccc(C=C(C#N)C(=O)OCC(=O)N2CCN(S(=O)(=O)c3ccc4ccccc4c3)CC2)cc1. The molecule has 0 atom stereocenters. The molecule has 0 aliphatic carbocycles. The zero-order valence-corrected chi connectivity index (χ0v) is 21.0. The Morgan fingerprint density at radius 2 is 1.65 bits per heavy atom. The van der Waals surface area contributed by atoms with Crippen molar-refractivity contribution in [2.45, 2.75) is 4.90 Å². The maximum atomic E-state index is 13.1. The number of hydrogen-bond acceptors (Lipinski definition) is 7. The van der Waals surface area contributed by atoms with Crippen LogP contribution in [-0.2, 0) is 24.3 Å². The summed E-state index contributed by atoms with van der Waals surface area (Å²) in [6.45, 7) is 0.0230. The van der Waals surface area contributed by atoms with Crippen LogP contribution in [0.15, 0.2) is 77.2 Å². The highest BCUT2D eigenvalue weighted by atomic mass is 32.2. The minimum Gasteiger partial charge on any atom is -0.497 e. The Bertz CT molecular complexity index is 1480. The highest BCUT2D eigenvalue weighted by Gasteiger charge is 2.30. The lowest BCUT2D eigenvalue weighted by molar-refractivity contribution is -0.149. The number of carbonyl (C=O) groups excluding carboxylic acids is 2. The molecule has 1 amide bonds. The number of sulfonamides is 1. The van der Waals surface area contributed by atoms with Gasteiger partial charge in [-0.1, -0.05) is 42.5 Å². The molecule has 1 heterocycles. The largest absolute Gasteiger partial charge is 0.497 e. The first kappa shape index (κ1) is 25.9. The summed E-state index contributed by atoms with van der Waals surface area (Å²) in [5, 5.41) is 11.1. The fourth-order valence-electron chi connectivity index (χ4n) is 3.95. The summed E-state index contributed by atoms with van der Waals surface area (Å²) in [6, 6.07) is 21.0. The molecule has 1 fully saturated rings. The molecular formula is C27H25N3O6S. The number of nitrogens with zero attached hydrogens (tertiary/aromatic N) is 3. The van der Waals surface area contributed by atoms with Gasteiger partial charge in [0.15, 0.2) is 6.61 Å². The molecule has 9 nitrogen and oxygen atoms in total. The first-order valence-corrected chi connectivity index (χ1v) is 13.0. The van der Waals surface area contributed by atoms with Crippen LogP contribution in [-0.4, -0.2) is 69.4 Å². The molecule has 3 aromatic carbocycles. The Morgan fingerprint density at radius 3 is 2.30 bits per heavy atom. The van der Waals surface area contributed by atoms with Gasteiger partial charge in [-0.3, -0.25) is 4.79 Å². The predicted molar refractivity (Wildman–Crippen MR) is 137 cm³/mol. The van der Waals surface area contributed by atoms with E-state index in [0.717, 1.165) is 10.8 Å². The standard InChI is InChI=1S/C27H25N3O6S/c1-35-24-9-6-20(7-10-24)16-23(18-28)27(32)36-19-26(31)29-12-14-30(15-13-29)37(33,34)25-11-8-21-4-2-3-5-22(21)17-25/h2-11,16-17H,12-15,19H2,1H3. The van der Waals surface area contributed by atoms with Gasteiger partial charge in [-0.25, -0.2) is 13.2 Å². The van der Waals surface area contributed by atoms with E-state index in [4.69, 9.17) is 9.47 Å². The van der Waals surface area contributed by atoms with E-state index in [1.807, 2.05) is 24.3 Å². The number of benzene rings is 3. The minimum absolute atomic E-state index is 0.121. The van der Waals surface area contributed by atoms with E-state index in [1.165, 1.54) is 22.4 Å². The van der Waals surface area contributed by atoms with Crippen LogP contribution in [0, 0.1) is 11.3 Å². The van der Waals surface area contributed by atoms with Crippen LogP contribution in [0.4, 0.5) is 0 Å². The van der Waals surface area contributed by atoms with Crippen LogP contribution < -0.4 is 4.74 Å². The van der Waals surface area contributed by atoms with Crippen LogP contribution in [0.3, 0.4) is 0 Å². The van der Waals surface area contributed by atoms with Crippen molar-refractivity contribution in [1.29, 1.82) is 5.26 Å². The number of methoxy groups -OCH3 is 1. The van der Waals surface area contributed by atoms with Crippen LogP contribution in [0.5, 0.6) is 5.75 Å². The molecule has 37 heavy (non-hydrogen) atoms. The number of rotatable bonds is 7. The van der Waals surface area contributed by atoms with E-state index in [0.29, 0.717) is 11.3 Å². The maximum absolute atomic E-state index is 13.1. The van der Waals surface area contributed by atoms with Crippen molar-refractivity contribution in [2.24, 2.45) is 0 Å². The average molecular weight is 520 g/mol. The molecule has 10 heteroatoms. The molecule has 0 spiro atoms. The van der Waals surface area contributed by atoms with E-state index >= 15 is 0 Å². The van der Waals surface area contributed by atoms with E-state index in [-0.39, 0.29) is 36.6 Å². The highest BCUT2D eigenvalue weighted by Crippen LogP contribution is 2.23. The molecule has 190 valence electrons. The second kappa shape index (κ2) is 11.2. The number of hydrogen-bond donors (Lipinski definition) is 0. The predicted octanol–water partition coefficient (Wildman–Crippen LogP) is 2.83. The molecule has 1 saturated heterocycles. The summed E-state index contributed by atoms with van der Waals surface area (Å²) in [4.78, 5) is 26.6. The van der Waals surface area contributed by atoms with Crippen molar-refractivity contribution in [3.05, 3.63) is 77.9 Å². The van der Waals surface area contributed by atoms with E-state index in [9.17, 15) is 23.3 Å². The Hall–Kier alpha value is -4.20. The third-order valence-corrected chi connectivity index (χ3v) is 7.94. The summed E-state index contributed by atoms with van der Waals surface area (Å²) >= 11 is 0. The monoisotopic (exact) mass is 519 g/mol. The van der Waals surface area contributed by atoms with Crippen LogP contribution in [0.1, 0.15) is 5.56 Å². The quantitative estimate of drug-likeness (QED) is 0.268. The van der Waals surface area contributed by atoms with Crippen molar-refractivity contribution in [2.75, 3.05) is 39.9 Å². The summed E-state index contributed by atoms with van der Waals surface area (Å²) in [5.41, 5.74) is 0.355. The van der Waals surface area contributed by atoms with Gasteiger partial charge in [0.05, 0.1) is 12.0 Å². The first-order valence-electron chi connectivity index (χ1n) is 11.5. The van der Waals surface area contributed by atoms with Gasteiger partial charge >= 0.3 is 5.97 Å². The number of piperazine rings is 1.